The lowest BCUT2D eigenvalue weighted by atomic mass is 9.56. The van der Waals surface area contributed by atoms with E-state index in [0.717, 1.165) is 0 Å². The smallest absolute Gasteiger partial charge is 0.267 e. The van der Waals surface area contributed by atoms with Crippen molar-refractivity contribution in [3.8, 4) is 6.07 Å². The van der Waals surface area contributed by atoms with Crippen LogP contribution in [0.5, 0.6) is 0 Å². The van der Waals surface area contributed by atoms with Crippen molar-refractivity contribution in [2.75, 3.05) is 26.2 Å². The summed E-state index contributed by atoms with van der Waals surface area (Å²) in [7, 11) is 0. The summed E-state index contributed by atoms with van der Waals surface area (Å²) in [4.78, 5) is 28.1. The molecule has 3 saturated carbocycles. The number of nitrogens with one attached hydrogen (secondary N) is 1. The first-order valence-electron chi connectivity index (χ1n) is 10.4. The molecular formula is C20H27F3N4O2. The second-order valence-electron chi connectivity index (χ2n) is 9.27. The van der Waals surface area contributed by atoms with E-state index in [-0.39, 0.29) is 49.8 Å². The SMILES string of the molecule is N#CC1CC(F)CN1C(=O)CNC12CCC(C(=O)N3CCC(F)(F)C3)(CC1)CC2. The van der Waals surface area contributed by atoms with E-state index in [1.165, 1.54) is 9.80 Å². The van der Waals surface area contributed by atoms with Gasteiger partial charge in [0.05, 0.1) is 25.7 Å². The van der Waals surface area contributed by atoms with E-state index < -0.39 is 30.1 Å². The van der Waals surface area contributed by atoms with E-state index in [9.17, 15) is 22.8 Å². The molecule has 5 rings (SSSR count). The average Bonchev–Trinajstić information content (AvgIpc) is 3.28. The molecule has 0 aromatic heterocycles. The molecule has 160 valence electrons. The molecule has 6 nitrogen and oxygen atoms in total. The van der Waals surface area contributed by atoms with Crippen LogP contribution in [-0.4, -0.2) is 71.5 Å². The summed E-state index contributed by atoms with van der Waals surface area (Å²) >= 11 is 0. The van der Waals surface area contributed by atoms with Gasteiger partial charge in [0, 0.05) is 30.3 Å². The Morgan fingerprint density at radius 1 is 1.10 bits per heavy atom. The maximum atomic E-state index is 13.6. The van der Waals surface area contributed by atoms with Gasteiger partial charge in [-0.2, -0.15) is 5.26 Å². The molecule has 5 aliphatic rings. The lowest BCUT2D eigenvalue weighted by molar-refractivity contribution is -0.150. The highest BCUT2D eigenvalue weighted by molar-refractivity contribution is 5.84. The molecule has 2 unspecified atom stereocenters. The summed E-state index contributed by atoms with van der Waals surface area (Å²) in [5.41, 5.74) is -0.792. The van der Waals surface area contributed by atoms with E-state index in [0.29, 0.717) is 38.5 Å². The van der Waals surface area contributed by atoms with Gasteiger partial charge in [-0.25, -0.2) is 13.2 Å². The van der Waals surface area contributed by atoms with Crippen molar-refractivity contribution in [2.24, 2.45) is 5.41 Å². The number of nitriles is 1. The summed E-state index contributed by atoms with van der Waals surface area (Å²) < 4.78 is 40.6. The molecule has 3 aliphatic carbocycles. The first kappa shape index (κ1) is 20.5. The quantitative estimate of drug-likeness (QED) is 0.766. The highest BCUT2D eigenvalue weighted by Gasteiger charge is 2.55. The van der Waals surface area contributed by atoms with Gasteiger partial charge in [0.2, 0.25) is 11.8 Å². The third-order valence-corrected chi connectivity index (χ3v) is 7.49. The molecule has 0 spiro atoms. The van der Waals surface area contributed by atoms with Gasteiger partial charge in [0.25, 0.3) is 5.92 Å². The second-order valence-corrected chi connectivity index (χ2v) is 9.27. The predicted octanol–water partition coefficient (Wildman–Crippen LogP) is 2.00. The van der Waals surface area contributed by atoms with Crippen LogP contribution in [0.3, 0.4) is 0 Å². The Kier molecular flexibility index (Phi) is 5.04. The maximum absolute atomic E-state index is 13.6. The Bertz CT molecular complexity index is 713. The Balaban J connectivity index is 1.32. The van der Waals surface area contributed by atoms with Crippen LogP contribution in [0.15, 0.2) is 0 Å². The number of likely N-dealkylation sites (tertiary alicyclic amines) is 2. The zero-order valence-electron chi connectivity index (χ0n) is 16.4. The van der Waals surface area contributed by atoms with Gasteiger partial charge in [-0.05, 0) is 38.5 Å². The number of fused-ring (bicyclic) bond motifs is 3. The number of rotatable bonds is 4. The number of carbonyl (C=O) groups is 2. The Hall–Kier alpha value is -1.82. The van der Waals surface area contributed by atoms with Crippen molar-refractivity contribution < 1.29 is 22.8 Å². The summed E-state index contributed by atoms with van der Waals surface area (Å²) in [5, 5.41) is 12.4. The highest BCUT2D eigenvalue weighted by atomic mass is 19.3. The van der Waals surface area contributed by atoms with Crippen molar-refractivity contribution in [1.29, 1.82) is 5.26 Å². The molecule has 2 amide bonds. The standard InChI is InChI=1S/C20H27F3N4O2/c21-14-9-15(10-24)27(12-14)16(28)11-25-19-4-1-18(2-5-19,3-6-19)17(29)26-8-7-20(22,23)13-26/h14-15,25H,1-9,11-13H2. The zero-order valence-corrected chi connectivity index (χ0v) is 16.4. The van der Waals surface area contributed by atoms with Crippen molar-refractivity contribution in [3.05, 3.63) is 0 Å². The molecule has 9 heteroatoms. The molecule has 0 radical (unpaired) electrons. The summed E-state index contributed by atoms with van der Waals surface area (Å²) in [5.74, 6) is -3.19. The van der Waals surface area contributed by atoms with Gasteiger partial charge in [-0.3, -0.25) is 9.59 Å². The molecule has 2 bridgehead atoms. The van der Waals surface area contributed by atoms with Gasteiger partial charge in [0.1, 0.15) is 12.2 Å². The molecule has 1 N–H and O–H groups in total. The van der Waals surface area contributed by atoms with Gasteiger partial charge in [-0.1, -0.05) is 0 Å². The second kappa shape index (κ2) is 7.15. The Labute approximate surface area is 168 Å². The number of alkyl halides is 3. The first-order chi connectivity index (χ1) is 13.7. The monoisotopic (exact) mass is 412 g/mol. The average molecular weight is 412 g/mol. The van der Waals surface area contributed by atoms with E-state index in [1.54, 1.807) is 0 Å². The van der Waals surface area contributed by atoms with Crippen LogP contribution in [-0.2, 0) is 9.59 Å². The zero-order chi connectivity index (χ0) is 20.9. The minimum atomic E-state index is -2.78. The number of nitrogens with zero attached hydrogens (tertiary/aromatic N) is 3. The van der Waals surface area contributed by atoms with Gasteiger partial charge < -0.3 is 15.1 Å². The number of hydrogen-bond donors (Lipinski definition) is 1. The van der Waals surface area contributed by atoms with E-state index in [4.69, 9.17) is 5.26 Å². The summed E-state index contributed by atoms with van der Waals surface area (Å²) in [6, 6.07) is 1.28. The van der Waals surface area contributed by atoms with Crippen LogP contribution in [0.1, 0.15) is 51.4 Å². The normalized spacial score (nSPS) is 38.3. The van der Waals surface area contributed by atoms with Crippen LogP contribution in [0.25, 0.3) is 0 Å². The minimum Gasteiger partial charge on any atom is -0.336 e. The van der Waals surface area contributed by atoms with E-state index in [2.05, 4.69) is 5.32 Å². The molecular weight excluding hydrogens is 385 g/mol. The van der Waals surface area contributed by atoms with Crippen molar-refractivity contribution >= 4 is 11.8 Å². The Morgan fingerprint density at radius 2 is 1.76 bits per heavy atom. The molecule has 0 aromatic rings. The van der Waals surface area contributed by atoms with Crippen LogP contribution >= 0.6 is 0 Å². The van der Waals surface area contributed by atoms with Crippen molar-refractivity contribution in [2.45, 2.75) is 75.0 Å². The van der Waals surface area contributed by atoms with E-state index >= 15 is 0 Å². The molecule has 0 aromatic carbocycles. The Morgan fingerprint density at radius 3 is 2.31 bits per heavy atom. The third kappa shape index (κ3) is 3.72. The number of halogens is 3. The molecule has 5 fully saturated rings. The fraction of sp³-hybridized carbons (Fsp3) is 0.850. The molecule has 29 heavy (non-hydrogen) atoms. The van der Waals surface area contributed by atoms with Gasteiger partial charge >= 0.3 is 0 Å². The summed E-state index contributed by atoms with van der Waals surface area (Å²) in [6.45, 7) is -0.345. The van der Waals surface area contributed by atoms with Crippen molar-refractivity contribution in [1.82, 2.24) is 15.1 Å². The van der Waals surface area contributed by atoms with E-state index in [1.807, 2.05) is 6.07 Å². The number of amides is 2. The summed E-state index contributed by atoms with van der Waals surface area (Å²) in [6.07, 6.45) is 2.67. The first-order valence-corrected chi connectivity index (χ1v) is 10.4. The van der Waals surface area contributed by atoms with Crippen LogP contribution in [0.2, 0.25) is 0 Å². The lowest BCUT2D eigenvalue weighted by Gasteiger charge is -2.53. The minimum absolute atomic E-state index is 0.0379. The maximum Gasteiger partial charge on any atom is 0.267 e. The van der Waals surface area contributed by atoms with Gasteiger partial charge in [-0.15, -0.1) is 0 Å². The fourth-order valence-corrected chi connectivity index (χ4v) is 5.56. The number of hydrogen-bond acceptors (Lipinski definition) is 4. The highest BCUT2D eigenvalue weighted by Crippen LogP contribution is 2.53. The van der Waals surface area contributed by atoms with Crippen LogP contribution in [0.4, 0.5) is 13.2 Å². The molecule has 2 saturated heterocycles. The molecule has 2 aliphatic heterocycles. The molecule has 2 atom stereocenters. The van der Waals surface area contributed by atoms with Gasteiger partial charge in [0.15, 0.2) is 0 Å². The van der Waals surface area contributed by atoms with Crippen LogP contribution in [0, 0.1) is 16.7 Å². The number of carbonyl (C=O) groups excluding carboxylic acids is 2. The largest absolute Gasteiger partial charge is 0.336 e. The van der Waals surface area contributed by atoms with Crippen molar-refractivity contribution in [3.63, 3.8) is 0 Å². The predicted molar refractivity (Wildman–Crippen MR) is 97.6 cm³/mol. The third-order valence-electron chi connectivity index (χ3n) is 7.49. The van der Waals surface area contributed by atoms with Crippen LogP contribution < -0.4 is 5.32 Å². The molecule has 2 heterocycles. The fourth-order valence-electron chi connectivity index (χ4n) is 5.56. The lowest BCUT2D eigenvalue weighted by Crippen LogP contribution is -2.60. The topological polar surface area (TPSA) is 76.4 Å².